The minimum atomic E-state index is -3.91. The number of carbonyl (C=O) groups is 1. The zero-order valence-electron chi connectivity index (χ0n) is 32.5. The number of benzene rings is 3. The van der Waals surface area contributed by atoms with Crippen LogP contribution in [0.1, 0.15) is 59.0 Å². The number of fused-ring (bicyclic) bond motifs is 5. The van der Waals surface area contributed by atoms with Crippen molar-refractivity contribution in [3.63, 3.8) is 0 Å². The first-order valence-electron chi connectivity index (χ1n) is 18.8. The van der Waals surface area contributed by atoms with E-state index in [9.17, 15) is 35.6 Å². The summed E-state index contributed by atoms with van der Waals surface area (Å²) in [5.74, 6) is -8.60. The van der Waals surface area contributed by atoms with E-state index in [1.54, 1.807) is 25.1 Å². The highest BCUT2D eigenvalue weighted by atomic mass is 35.5. The van der Waals surface area contributed by atoms with E-state index >= 15 is 8.78 Å². The third kappa shape index (κ3) is 7.11. The predicted molar refractivity (Wildman–Crippen MR) is 214 cm³/mol. The van der Waals surface area contributed by atoms with Gasteiger partial charge in [0.15, 0.2) is 5.82 Å². The van der Waals surface area contributed by atoms with Crippen molar-refractivity contribution < 1.29 is 39.6 Å². The number of nitrogens with one attached hydrogen (secondary N) is 2. The van der Waals surface area contributed by atoms with Crippen molar-refractivity contribution in [3.05, 3.63) is 122 Å². The van der Waals surface area contributed by atoms with Gasteiger partial charge in [0.2, 0.25) is 15.9 Å². The fourth-order valence-corrected chi connectivity index (χ4v) is 9.09. The molecular formula is C40H31ClF6N10O4S. The Kier molecular flexibility index (Phi) is 9.69. The number of anilines is 1. The van der Waals surface area contributed by atoms with Gasteiger partial charge in [-0.3, -0.25) is 28.2 Å². The van der Waals surface area contributed by atoms with Gasteiger partial charge in [-0.15, -0.1) is 0 Å². The molecule has 0 radical (unpaired) electrons. The van der Waals surface area contributed by atoms with E-state index in [2.05, 4.69) is 30.2 Å². The molecule has 2 N–H and O–H groups in total. The van der Waals surface area contributed by atoms with Crippen molar-refractivity contribution in [1.29, 1.82) is 0 Å². The van der Waals surface area contributed by atoms with Crippen molar-refractivity contribution in [3.8, 4) is 16.9 Å². The molecule has 3 aromatic carbocycles. The number of amides is 1. The Balaban J connectivity index is 1.26. The van der Waals surface area contributed by atoms with Gasteiger partial charge in [-0.1, -0.05) is 17.7 Å². The molecule has 0 spiro atoms. The molecule has 22 heteroatoms. The SMILES string of the molecule is Cc1nccc(-c2ccc3c(=O)n(-c4ccc(Cl)c5c(NS(C)(=O)=O)nn(C)c45)c([C@H](Cc4cc(F)cc(F)c4)NC(=O)Cn4nc(C(F)F)c5c4C(F)(F)[C@@H]4C[C@H]54)nc3c2)n1. The van der Waals surface area contributed by atoms with Gasteiger partial charge in [-0.2, -0.15) is 19.0 Å². The standard InChI is InChI=1S/C40H31ClF6N10O4S/c1-17-48-9-8-26(49-17)19-4-5-22-27(13-19)51-38(57(39(22)59)29-7-6-25(41)32-34(29)55(2)53-37(32)54-62(3,60)61)28(12-18-10-20(42)14-21(43)11-18)50-30(58)16-56-35-31(33(52-56)36(44)45)23-15-24(23)40(35,46)47/h4-11,13-14,23-24,28,36H,12,15-16H2,1-3H3,(H,50,58)(H,53,54)/t23-,24+,28-/m0/s1. The molecule has 4 heterocycles. The summed E-state index contributed by atoms with van der Waals surface area (Å²) in [5.41, 5.74) is -1.55. The topological polar surface area (TPSA) is 172 Å². The molecular weight excluding hydrogens is 866 g/mol. The summed E-state index contributed by atoms with van der Waals surface area (Å²) in [6.45, 7) is 0.695. The van der Waals surface area contributed by atoms with Crippen molar-refractivity contribution >= 4 is 55.2 Å². The fraction of sp³-hybridized carbons (Fsp3) is 0.275. The second-order valence-electron chi connectivity index (χ2n) is 15.2. The first-order chi connectivity index (χ1) is 29.3. The number of hydrogen-bond acceptors (Lipinski definition) is 9. The molecule has 2 aliphatic rings. The maximum Gasteiger partial charge on any atom is 0.293 e. The Morgan fingerprint density at radius 3 is 2.47 bits per heavy atom. The molecule has 14 nitrogen and oxygen atoms in total. The molecule has 4 aromatic heterocycles. The number of aromatic nitrogens is 8. The number of aryl methyl sites for hydroxylation is 2. The highest BCUT2D eigenvalue weighted by Crippen LogP contribution is 2.68. The molecule has 9 rings (SSSR count). The number of carbonyl (C=O) groups excluding carboxylic acids is 1. The first-order valence-corrected chi connectivity index (χ1v) is 21.1. The van der Waals surface area contributed by atoms with Gasteiger partial charge < -0.3 is 5.32 Å². The fourth-order valence-electron chi connectivity index (χ4n) is 8.36. The van der Waals surface area contributed by atoms with E-state index in [0.29, 0.717) is 27.8 Å². The summed E-state index contributed by atoms with van der Waals surface area (Å²) < 4.78 is 119. The molecule has 1 saturated carbocycles. The zero-order chi connectivity index (χ0) is 44.2. The highest BCUT2D eigenvalue weighted by Gasteiger charge is 2.67. The molecule has 2 aliphatic carbocycles. The second-order valence-corrected chi connectivity index (χ2v) is 17.4. The molecule has 3 atom stereocenters. The minimum absolute atomic E-state index is 0.00593. The third-order valence-corrected chi connectivity index (χ3v) is 11.8. The van der Waals surface area contributed by atoms with Crippen LogP contribution in [0.5, 0.6) is 0 Å². The number of sulfonamides is 1. The van der Waals surface area contributed by atoms with Crippen LogP contribution in [-0.4, -0.2) is 59.7 Å². The number of halogens is 7. The monoisotopic (exact) mass is 896 g/mol. The molecule has 0 aliphatic heterocycles. The lowest BCUT2D eigenvalue weighted by Gasteiger charge is -2.24. The van der Waals surface area contributed by atoms with Gasteiger partial charge in [-0.05, 0) is 67.3 Å². The number of nitrogens with zero attached hydrogens (tertiary/aromatic N) is 8. The Hall–Kier alpha value is -6.35. The van der Waals surface area contributed by atoms with Crippen molar-refractivity contribution in [1.82, 2.24) is 44.4 Å². The summed E-state index contributed by atoms with van der Waals surface area (Å²) in [5, 5.41) is 10.8. The molecule has 0 unspecified atom stereocenters. The Labute approximate surface area is 351 Å². The predicted octanol–water partition coefficient (Wildman–Crippen LogP) is 6.78. The Morgan fingerprint density at radius 1 is 1.03 bits per heavy atom. The largest absolute Gasteiger partial charge is 0.344 e. The van der Waals surface area contributed by atoms with E-state index < -0.39 is 87.7 Å². The van der Waals surface area contributed by atoms with Crippen LogP contribution >= 0.6 is 11.6 Å². The molecule has 62 heavy (non-hydrogen) atoms. The molecule has 1 amide bonds. The minimum Gasteiger partial charge on any atom is -0.344 e. The lowest BCUT2D eigenvalue weighted by atomic mass is 10.0. The number of hydrogen-bond donors (Lipinski definition) is 2. The maximum absolute atomic E-state index is 15.5. The molecule has 0 saturated heterocycles. The number of alkyl halides is 4. The van der Waals surface area contributed by atoms with Crippen LogP contribution < -0.4 is 15.6 Å². The lowest BCUT2D eigenvalue weighted by Crippen LogP contribution is -2.38. The van der Waals surface area contributed by atoms with E-state index in [1.165, 1.54) is 36.1 Å². The second kappa shape index (κ2) is 14.6. The summed E-state index contributed by atoms with van der Waals surface area (Å²) in [6.07, 6.45) is -1.24. The van der Waals surface area contributed by atoms with Crippen LogP contribution in [0.2, 0.25) is 5.02 Å². The van der Waals surface area contributed by atoms with Gasteiger partial charge in [0, 0.05) is 42.8 Å². The van der Waals surface area contributed by atoms with E-state index in [0.717, 1.165) is 23.0 Å². The van der Waals surface area contributed by atoms with Crippen molar-refractivity contribution in [2.75, 3.05) is 11.0 Å². The summed E-state index contributed by atoms with van der Waals surface area (Å²) >= 11 is 6.63. The van der Waals surface area contributed by atoms with E-state index in [-0.39, 0.29) is 61.7 Å². The maximum atomic E-state index is 15.5. The van der Waals surface area contributed by atoms with Crippen molar-refractivity contribution in [2.24, 2.45) is 13.0 Å². The quantitative estimate of drug-likeness (QED) is 0.133. The smallest absolute Gasteiger partial charge is 0.293 e. The summed E-state index contributed by atoms with van der Waals surface area (Å²) in [7, 11) is -2.46. The van der Waals surface area contributed by atoms with Gasteiger partial charge in [-0.25, -0.2) is 40.9 Å². The van der Waals surface area contributed by atoms with Crippen LogP contribution in [0.4, 0.5) is 32.2 Å². The van der Waals surface area contributed by atoms with Crippen LogP contribution in [0.25, 0.3) is 38.8 Å². The van der Waals surface area contributed by atoms with Gasteiger partial charge in [0.25, 0.3) is 17.9 Å². The van der Waals surface area contributed by atoms with Crippen molar-refractivity contribution in [2.45, 2.75) is 50.6 Å². The third-order valence-electron chi connectivity index (χ3n) is 10.9. The highest BCUT2D eigenvalue weighted by molar-refractivity contribution is 7.92. The lowest BCUT2D eigenvalue weighted by molar-refractivity contribution is -0.123. The average molecular weight is 897 g/mol. The van der Waals surface area contributed by atoms with E-state index in [4.69, 9.17) is 16.6 Å². The summed E-state index contributed by atoms with van der Waals surface area (Å²) in [6, 6.07) is 10.1. The van der Waals surface area contributed by atoms with Crippen LogP contribution in [-0.2, 0) is 40.8 Å². The molecule has 320 valence electrons. The van der Waals surface area contributed by atoms with E-state index in [1.807, 2.05) is 0 Å². The summed E-state index contributed by atoms with van der Waals surface area (Å²) in [4.78, 5) is 42.6. The molecule has 1 fully saturated rings. The normalized spacial score (nSPS) is 17.1. The Morgan fingerprint density at radius 2 is 1.77 bits per heavy atom. The molecule has 7 aromatic rings. The van der Waals surface area contributed by atoms with Gasteiger partial charge in [0.05, 0.1) is 50.5 Å². The van der Waals surface area contributed by atoms with Crippen LogP contribution in [0.3, 0.4) is 0 Å². The van der Waals surface area contributed by atoms with Crippen LogP contribution in [0.15, 0.2) is 65.6 Å². The number of rotatable bonds is 11. The zero-order valence-corrected chi connectivity index (χ0v) is 34.0. The first kappa shape index (κ1) is 41.0. The molecule has 0 bridgehead atoms. The van der Waals surface area contributed by atoms with Gasteiger partial charge >= 0.3 is 0 Å². The Bertz CT molecular complexity index is 3190. The van der Waals surface area contributed by atoms with Gasteiger partial charge in [0.1, 0.15) is 41.2 Å². The van der Waals surface area contributed by atoms with Crippen LogP contribution in [0, 0.1) is 24.5 Å². The average Bonchev–Trinajstić information content (AvgIpc) is 3.72.